The van der Waals surface area contributed by atoms with Crippen molar-refractivity contribution in [3.63, 3.8) is 0 Å². The Bertz CT molecular complexity index is 507. The quantitative estimate of drug-likeness (QED) is 0.743. The molecule has 0 amide bonds. The maximum absolute atomic E-state index is 12.1. The Balaban J connectivity index is 2.44. The number of Topliss-reactive ketones (excluding diaryl/α,β-unsaturated/α-hetero) is 1. The summed E-state index contributed by atoms with van der Waals surface area (Å²) in [6.45, 7) is 3.23. The number of hydrogen-bond acceptors (Lipinski definition) is 7. The number of allylic oxidation sites excluding steroid dienone is 1. The Hall–Kier alpha value is -1.89. The lowest BCUT2D eigenvalue weighted by molar-refractivity contribution is -0.181. The van der Waals surface area contributed by atoms with Gasteiger partial charge in [-0.15, -0.1) is 0 Å². The second-order valence-electron chi connectivity index (χ2n) is 4.81. The first kappa shape index (κ1) is 15.5. The smallest absolute Gasteiger partial charge is 0.351 e. The van der Waals surface area contributed by atoms with Crippen molar-refractivity contribution in [3.05, 3.63) is 11.3 Å². The number of carbonyl (C=O) groups excluding carboxylic acids is 3. The highest BCUT2D eigenvalue weighted by molar-refractivity contribution is 6.08. The van der Waals surface area contributed by atoms with Gasteiger partial charge < -0.3 is 19.3 Å². The van der Waals surface area contributed by atoms with Crippen LogP contribution in [0.4, 0.5) is 0 Å². The highest BCUT2D eigenvalue weighted by atomic mass is 16.6. The van der Waals surface area contributed by atoms with Crippen LogP contribution in [-0.4, -0.2) is 47.7 Å². The van der Waals surface area contributed by atoms with E-state index in [1.54, 1.807) is 13.8 Å². The van der Waals surface area contributed by atoms with E-state index in [9.17, 15) is 19.5 Å². The normalized spacial score (nSPS) is 28.0. The van der Waals surface area contributed by atoms with Crippen LogP contribution >= 0.6 is 0 Å². The van der Waals surface area contributed by atoms with Gasteiger partial charge in [-0.25, -0.2) is 9.59 Å². The Labute approximate surface area is 121 Å². The number of ether oxygens (including phenoxy) is 3. The second-order valence-corrected chi connectivity index (χ2v) is 4.81. The summed E-state index contributed by atoms with van der Waals surface area (Å²) in [7, 11) is 0. The van der Waals surface area contributed by atoms with Gasteiger partial charge in [0.25, 0.3) is 0 Å². The molecule has 0 unspecified atom stereocenters. The number of carbonyl (C=O) groups is 3. The van der Waals surface area contributed by atoms with Crippen LogP contribution in [0.2, 0.25) is 0 Å². The molecule has 1 N–H and O–H groups in total. The van der Waals surface area contributed by atoms with E-state index in [2.05, 4.69) is 0 Å². The average molecular weight is 298 g/mol. The molecule has 21 heavy (non-hydrogen) atoms. The van der Waals surface area contributed by atoms with Crippen molar-refractivity contribution in [2.75, 3.05) is 13.2 Å². The van der Waals surface area contributed by atoms with E-state index in [0.717, 1.165) is 0 Å². The van der Waals surface area contributed by atoms with Crippen LogP contribution in [-0.2, 0) is 28.6 Å². The lowest BCUT2D eigenvalue weighted by Gasteiger charge is -2.26. The van der Waals surface area contributed by atoms with Crippen LogP contribution in [0.1, 0.15) is 33.1 Å². The predicted molar refractivity (Wildman–Crippen MR) is 69.0 cm³/mol. The largest absolute Gasteiger partial charge is 0.478 e. The maximum Gasteiger partial charge on any atom is 0.351 e. The summed E-state index contributed by atoms with van der Waals surface area (Å²) in [4.78, 5) is 36.2. The first-order valence-corrected chi connectivity index (χ1v) is 6.96. The number of aliphatic hydroxyl groups is 1. The summed E-state index contributed by atoms with van der Waals surface area (Å²) in [5, 5.41) is 10.7. The zero-order valence-corrected chi connectivity index (χ0v) is 12.0. The van der Waals surface area contributed by atoms with Crippen molar-refractivity contribution in [1.29, 1.82) is 0 Å². The third-order valence-electron chi connectivity index (χ3n) is 3.47. The second kappa shape index (κ2) is 5.85. The highest BCUT2D eigenvalue weighted by Crippen LogP contribution is 2.42. The number of rotatable bonds is 4. The standard InChI is InChI=1S/C14H18O7/c1-3-19-12(16)11-14(18,13(17)20-4-2)10-8(15)6-5-7-9(10)21-11/h11,18H,3-7H2,1-2H3/t11-,14+/m1/s1. The van der Waals surface area contributed by atoms with E-state index in [1.165, 1.54) is 0 Å². The van der Waals surface area contributed by atoms with Gasteiger partial charge >= 0.3 is 11.9 Å². The average Bonchev–Trinajstić information content (AvgIpc) is 2.75. The molecule has 7 heteroatoms. The zero-order chi connectivity index (χ0) is 15.6. The molecular weight excluding hydrogens is 280 g/mol. The number of ketones is 1. The Morgan fingerprint density at radius 3 is 2.57 bits per heavy atom. The van der Waals surface area contributed by atoms with Gasteiger partial charge in [-0.2, -0.15) is 0 Å². The van der Waals surface area contributed by atoms with E-state index in [1.807, 2.05) is 0 Å². The molecule has 2 atom stereocenters. The zero-order valence-electron chi connectivity index (χ0n) is 12.0. The summed E-state index contributed by atoms with van der Waals surface area (Å²) >= 11 is 0. The minimum atomic E-state index is -2.42. The minimum absolute atomic E-state index is 0.00743. The monoisotopic (exact) mass is 298 g/mol. The minimum Gasteiger partial charge on any atom is -0.478 e. The Kier molecular flexibility index (Phi) is 4.32. The van der Waals surface area contributed by atoms with Crippen molar-refractivity contribution in [2.45, 2.75) is 44.8 Å². The molecule has 7 nitrogen and oxygen atoms in total. The van der Waals surface area contributed by atoms with Crippen LogP contribution in [0.25, 0.3) is 0 Å². The SMILES string of the molecule is CCOC(=O)[C@H]1OC2=C(C(=O)CCC2)[C@@]1(O)C(=O)OCC. The summed E-state index contributed by atoms with van der Waals surface area (Å²) < 4.78 is 15.0. The molecule has 116 valence electrons. The third-order valence-corrected chi connectivity index (χ3v) is 3.47. The van der Waals surface area contributed by atoms with Crippen molar-refractivity contribution >= 4 is 17.7 Å². The lowest BCUT2D eigenvalue weighted by Crippen LogP contribution is -2.55. The van der Waals surface area contributed by atoms with Crippen LogP contribution in [0.3, 0.4) is 0 Å². The van der Waals surface area contributed by atoms with E-state index < -0.39 is 29.4 Å². The summed E-state index contributed by atoms with van der Waals surface area (Å²) in [6.07, 6.45) is -0.465. The van der Waals surface area contributed by atoms with Gasteiger partial charge in [0.15, 0.2) is 5.78 Å². The van der Waals surface area contributed by atoms with Gasteiger partial charge in [0.05, 0.1) is 18.8 Å². The van der Waals surface area contributed by atoms with Crippen LogP contribution in [0.5, 0.6) is 0 Å². The Morgan fingerprint density at radius 1 is 1.29 bits per heavy atom. The molecule has 2 aliphatic rings. The van der Waals surface area contributed by atoms with Crippen molar-refractivity contribution in [1.82, 2.24) is 0 Å². The van der Waals surface area contributed by atoms with Gasteiger partial charge in [0.1, 0.15) is 5.76 Å². The van der Waals surface area contributed by atoms with Gasteiger partial charge in [-0.1, -0.05) is 0 Å². The van der Waals surface area contributed by atoms with Crippen LogP contribution in [0.15, 0.2) is 11.3 Å². The molecule has 0 aromatic rings. The molecule has 0 saturated carbocycles. The summed E-state index contributed by atoms with van der Waals surface area (Å²) in [5.41, 5.74) is -2.58. The fraction of sp³-hybridized carbons (Fsp3) is 0.643. The van der Waals surface area contributed by atoms with Gasteiger partial charge in [-0.3, -0.25) is 4.79 Å². The van der Waals surface area contributed by atoms with Gasteiger partial charge in [-0.05, 0) is 20.3 Å². The molecule has 1 heterocycles. The maximum atomic E-state index is 12.1. The first-order chi connectivity index (χ1) is 9.96. The number of esters is 2. The van der Waals surface area contributed by atoms with E-state index in [-0.39, 0.29) is 31.0 Å². The molecule has 2 rings (SSSR count). The fourth-order valence-corrected chi connectivity index (χ4v) is 2.60. The summed E-state index contributed by atoms with van der Waals surface area (Å²) in [6, 6.07) is 0. The van der Waals surface area contributed by atoms with Crippen molar-refractivity contribution in [3.8, 4) is 0 Å². The predicted octanol–water partition coefficient (Wildman–Crippen LogP) is 0.250. The molecule has 0 spiro atoms. The van der Waals surface area contributed by atoms with Crippen molar-refractivity contribution < 1.29 is 33.7 Å². The number of hydrogen-bond donors (Lipinski definition) is 1. The molecule has 0 bridgehead atoms. The van der Waals surface area contributed by atoms with Gasteiger partial charge in [0, 0.05) is 12.8 Å². The van der Waals surface area contributed by atoms with Crippen LogP contribution < -0.4 is 0 Å². The molecule has 1 aliphatic carbocycles. The molecule has 0 saturated heterocycles. The summed E-state index contributed by atoms with van der Waals surface area (Å²) in [5.74, 6) is -2.18. The first-order valence-electron chi connectivity index (χ1n) is 6.96. The lowest BCUT2D eigenvalue weighted by atomic mass is 9.82. The Morgan fingerprint density at radius 2 is 1.95 bits per heavy atom. The highest BCUT2D eigenvalue weighted by Gasteiger charge is 2.62. The third kappa shape index (κ3) is 2.42. The molecule has 0 aromatic heterocycles. The van der Waals surface area contributed by atoms with Crippen LogP contribution in [0, 0.1) is 0 Å². The van der Waals surface area contributed by atoms with Gasteiger partial charge in [0.2, 0.25) is 11.7 Å². The molecule has 1 aliphatic heterocycles. The van der Waals surface area contributed by atoms with E-state index >= 15 is 0 Å². The van der Waals surface area contributed by atoms with Crippen molar-refractivity contribution in [2.24, 2.45) is 0 Å². The van der Waals surface area contributed by atoms with E-state index in [4.69, 9.17) is 14.2 Å². The molecule has 0 aromatic carbocycles. The topological polar surface area (TPSA) is 99.1 Å². The molecule has 0 radical (unpaired) electrons. The fourth-order valence-electron chi connectivity index (χ4n) is 2.60. The van der Waals surface area contributed by atoms with E-state index in [0.29, 0.717) is 12.8 Å². The molecular formula is C14H18O7. The molecule has 0 fully saturated rings.